The number of hydrogen-bond acceptors (Lipinski definition) is 5. The van der Waals surface area contributed by atoms with Crippen LogP contribution in [0, 0.1) is 11.9 Å². The number of halogens is 5. The van der Waals surface area contributed by atoms with E-state index in [0.717, 1.165) is 12.2 Å². The lowest BCUT2D eigenvalue weighted by Crippen LogP contribution is -2.34. The van der Waals surface area contributed by atoms with Gasteiger partial charge in [-0.1, -0.05) is 47.6 Å². The van der Waals surface area contributed by atoms with Crippen LogP contribution in [0.2, 0.25) is 0 Å². The molecule has 2 aromatic rings. The van der Waals surface area contributed by atoms with Crippen molar-refractivity contribution in [2.45, 2.75) is 94.2 Å². The highest BCUT2D eigenvalue weighted by Crippen LogP contribution is 2.33. The number of carbonyl (C=O) groups excluding carboxylic acids is 1. The van der Waals surface area contributed by atoms with Crippen molar-refractivity contribution >= 4 is 11.5 Å². The van der Waals surface area contributed by atoms with Gasteiger partial charge in [-0.2, -0.15) is 9.49 Å². The lowest BCUT2D eigenvalue weighted by atomic mass is 9.91. The Hall–Kier alpha value is -4.35. The number of amides is 1. The Kier molecular flexibility index (Phi) is 18.2. The number of likely N-dealkylation sites (N-methyl/N-ethyl adjacent to an activating group) is 1. The van der Waals surface area contributed by atoms with E-state index in [1.165, 1.54) is 34.2 Å². The van der Waals surface area contributed by atoms with Crippen LogP contribution in [-0.2, 0) is 4.79 Å². The van der Waals surface area contributed by atoms with Gasteiger partial charge < -0.3 is 10.2 Å². The third-order valence-electron chi connectivity index (χ3n) is 7.33. The molecule has 1 amide bonds. The van der Waals surface area contributed by atoms with E-state index in [4.69, 9.17) is 0 Å². The van der Waals surface area contributed by atoms with Crippen molar-refractivity contribution in [3.8, 4) is 11.4 Å². The summed E-state index contributed by atoms with van der Waals surface area (Å²) >= 11 is 0. The Labute approximate surface area is 288 Å². The average Bonchev–Trinajstić information content (AvgIpc) is 3.45. The highest BCUT2D eigenvalue weighted by molar-refractivity contribution is 6.02. The van der Waals surface area contributed by atoms with Gasteiger partial charge in [0.2, 0.25) is 12.4 Å². The molecule has 4 rings (SSSR count). The smallest absolute Gasteiger partial charge is 0.254 e. The maximum Gasteiger partial charge on any atom is 0.254 e. The van der Waals surface area contributed by atoms with Crippen molar-refractivity contribution in [2.24, 2.45) is 5.92 Å². The monoisotopic (exact) mass is 690 g/mol. The van der Waals surface area contributed by atoms with E-state index in [1.54, 1.807) is 46.9 Å². The number of aromatic nitrogens is 4. The second kappa shape index (κ2) is 20.9. The van der Waals surface area contributed by atoms with Crippen molar-refractivity contribution in [1.29, 1.82) is 0 Å². The highest BCUT2D eigenvalue weighted by Gasteiger charge is 2.31. The molecule has 1 aliphatic heterocycles. The summed E-state index contributed by atoms with van der Waals surface area (Å²) in [5.74, 6) is -2.81. The number of alkyl halides is 2. The molecule has 12 heteroatoms. The zero-order chi connectivity index (χ0) is 37.4. The minimum atomic E-state index is -2.82. The average molecular weight is 691 g/mol. The Bertz CT molecular complexity index is 1550. The Balaban J connectivity index is 0.00000189. The SMILES string of the molecule is C/C=C1/C(=O)N(C)CC(c2cnc(-c3cnn(C(C)C)c3F)nc2)=C/C1=C(/C=C/F)[C@@H](C)NC1=CC=C(F)CC1C(F)F.CC.CC.CC. The third-order valence-corrected chi connectivity index (χ3v) is 7.33. The molecule has 270 valence electrons. The standard InChI is InChI=1S/C31H33F5N6O.3C2H6/c1-6-22-24(23(9-10-32)18(4)40-27-8-7-21(33)12-25(27)28(34)35)11-19(16-41(5)31(22)43)20-13-37-30(38-14-20)26-15-39-42(17(2)3)29(26)36;3*1-2/h6-11,13-15,17-18,25,28,40H,12,16H2,1-5H3;3*1-2H3/b10-9+,22-6+,24-23+;;;/t18-,25?;;;/m1.../s1. The molecule has 2 atom stereocenters. The molecule has 1 unspecified atom stereocenters. The lowest BCUT2D eigenvalue weighted by Gasteiger charge is -2.28. The molecular weight excluding hydrogens is 639 g/mol. The van der Waals surface area contributed by atoms with E-state index < -0.39 is 36.6 Å². The largest absolute Gasteiger partial charge is 0.381 e. The molecule has 1 aliphatic carbocycles. The summed E-state index contributed by atoms with van der Waals surface area (Å²) < 4.78 is 71.1. The summed E-state index contributed by atoms with van der Waals surface area (Å²) in [7, 11) is 1.61. The fourth-order valence-corrected chi connectivity index (χ4v) is 5.06. The minimum absolute atomic E-state index is 0.106. The van der Waals surface area contributed by atoms with Crippen molar-refractivity contribution in [2.75, 3.05) is 13.6 Å². The van der Waals surface area contributed by atoms with Gasteiger partial charge >= 0.3 is 0 Å². The van der Waals surface area contributed by atoms with Crippen LogP contribution in [0.4, 0.5) is 22.0 Å². The van der Waals surface area contributed by atoms with Gasteiger partial charge in [-0.05, 0) is 68.7 Å². The predicted molar refractivity (Wildman–Crippen MR) is 188 cm³/mol. The summed E-state index contributed by atoms with van der Waals surface area (Å²) in [6.45, 7) is 19.1. The highest BCUT2D eigenvalue weighted by atomic mass is 19.3. The van der Waals surface area contributed by atoms with Gasteiger partial charge in [0.1, 0.15) is 5.83 Å². The maximum atomic E-state index is 14.8. The van der Waals surface area contributed by atoms with Crippen LogP contribution < -0.4 is 5.32 Å². The Morgan fingerprint density at radius 3 is 2.12 bits per heavy atom. The Morgan fingerprint density at radius 1 is 1.00 bits per heavy atom. The molecular formula is C37H51F5N6O. The maximum absolute atomic E-state index is 14.8. The van der Waals surface area contributed by atoms with Gasteiger partial charge in [0.05, 0.1) is 24.0 Å². The van der Waals surface area contributed by atoms with E-state index in [0.29, 0.717) is 28.6 Å². The first-order valence-corrected chi connectivity index (χ1v) is 16.8. The molecule has 0 saturated heterocycles. The predicted octanol–water partition coefficient (Wildman–Crippen LogP) is 9.72. The summed E-state index contributed by atoms with van der Waals surface area (Å²) in [6.07, 6.45) is 8.24. The first kappa shape index (κ1) is 42.7. The molecule has 2 aliphatic rings. The first-order chi connectivity index (χ1) is 23.5. The Morgan fingerprint density at radius 2 is 1.61 bits per heavy atom. The van der Waals surface area contributed by atoms with Gasteiger partial charge in [0.25, 0.3) is 5.91 Å². The van der Waals surface area contributed by atoms with Crippen molar-refractivity contribution in [1.82, 2.24) is 30.0 Å². The van der Waals surface area contributed by atoms with Crippen molar-refractivity contribution in [3.63, 3.8) is 0 Å². The van der Waals surface area contributed by atoms with E-state index in [1.807, 2.05) is 41.5 Å². The van der Waals surface area contributed by atoms with E-state index in [-0.39, 0.29) is 41.2 Å². The van der Waals surface area contributed by atoms with E-state index in [2.05, 4.69) is 20.4 Å². The zero-order valence-corrected chi connectivity index (χ0v) is 30.5. The van der Waals surface area contributed by atoms with Crippen LogP contribution in [0.15, 0.2) is 83.5 Å². The van der Waals surface area contributed by atoms with Crippen LogP contribution in [0.5, 0.6) is 0 Å². The van der Waals surface area contributed by atoms with Crippen molar-refractivity contribution in [3.05, 3.63) is 95.1 Å². The fraction of sp³-hybridized carbons (Fsp3) is 0.459. The number of hydrogen-bond donors (Lipinski definition) is 1. The molecule has 2 aromatic heterocycles. The minimum Gasteiger partial charge on any atom is -0.381 e. The molecule has 7 nitrogen and oxygen atoms in total. The fourth-order valence-electron chi connectivity index (χ4n) is 5.06. The van der Waals surface area contributed by atoms with Crippen LogP contribution in [-0.4, -0.2) is 56.6 Å². The third kappa shape index (κ3) is 10.6. The molecule has 1 N–H and O–H groups in total. The number of carbonyl (C=O) groups is 1. The summed E-state index contributed by atoms with van der Waals surface area (Å²) in [5, 5.41) is 7.04. The van der Waals surface area contributed by atoms with E-state index in [9.17, 15) is 26.7 Å². The number of nitrogens with zero attached hydrogens (tertiary/aromatic N) is 5. The van der Waals surface area contributed by atoms with E-state index >= 15 is 0 Å². The van der Waals surface area contributed by atoms with Gasteiger partial charge in [0.15, 0.2) is 5.82 Å². The molecule has 49 heavy (non-hydrogen) atoms. The van der Waals surface area contributed by atoms with Gasteiger partial charge in [-0.3, -0.25) is 4.79 Å². The molecule has 0 radical (unpaired) electrons. The van der Waals surface area contributed by atoms with Crippen LogP contribution >= 0.6 is 0 Å². The summed E-state index contributed by atoms with van der Waals surface area (Å²) in [6, 6.07) is -0.951. The topological polar surface area (TPSA) is 75.9 Å². The second-order valence-corrected chi connectivity index (χ2v) is 10.6. The summed E-state index contributed by atoms with van der Waals surface area (Å²) in [4.78, 5) is 23.6. The van der Waals surface area contributed by atoms with Crippen LogP contribution in [0.3, 0.4) is 0 Å². The normalized spacial score (nSPS) is 18.7. The first-order valence-electron chi connectivity index (χ1n) is 16.8. The molecule has 0 fully saturated rings. The quantitative estimate of drug-likeness (QED) is 0.221. The molecule has 0 saturated carbocycles. The van der Waals surface area contributed by atoms with Crippen molar-refractivity contribution < 1.29 is 26.7 Å². The molecule has 0 spiro atoms. The van der Waals surface area contributed by atoms with Crippen LogP contribution in [0.25, 0.3) is 17.0 Å². The molecule has 0 bridgehead atoms. The summed E-state index contributed by atoms with van der Waals surface area (Å²) in [5.41, 5.74) is 2.33. The number of nitrogens with one attached hydrogen (secondary N) is 1. The van der Waals surface area contributed by atoms with Gasteiger partial charge in [-0.25, -0.2) is 32.2 Å². The molecule has 3 heterocycles. The lowest BCUT2D eigenvalue weighted by molar-refractivity contribution is -0.124. The second-order valence-electron chi connectivity index (χ2n) is 10.6. The van der Waals surface area contributed by atoms with Gasteiger partial charge in [-0.15, -0.1) is 0 Å². The molecule has 0 aromatic carbocycles. The number of rotatable bonds is 8. The number of allylic oxidation sites excluding steroid dienone is 6. The zero-order valence-electron chi connectivity index (χ0n) is 30.5. The van der Waals surface area contributed by atoms with Crippen LogP contribution in [0.1, 0.15) is 87.3 Å². The van der Waals surface area contributed by atoms with Gasteiger partial charge in [0, 0.05) is 61.3 Å².